The number of benzene rings is 1. The number of hydrogen-bond donors (Lipinski definition) is 2. The van der Waals surface area contributed by atoms with Crippen molar-refractivity contribution in [3.8, 4) is 0 Å². The minimum atomic E-state index is -0.628. The lowest BCUT2D eigenvalue weighted by Gasteiger charge is -2.35. The molecule has 0 bridgehead atoms. The molecule has 1 fully saturated rings. The Morgan fingerprint density at radius 2 is 2.32 bits per heavy atom. The Hall–Kier alpha value is -0.640. The lowest BCUT2D eigenvalue weighted by atomic mass is 9.79. The molecule has 19 heavy (non-hydrogen) atoms. The zero-order chi connectivity index (χ0) is 13.9. The Kier molecular flexibility index (Phi) is 4.82. The van der Waals surface area contributed by atoms with Crippen LogP contribution >= 0.6 is 11.6 Å². The molecular weight excluding hydrogens is 265 g/mol. The van der Waals surface area contributed by atoms with Gasteiger partial charge in [0.1, 0.15) is 5.82 Å². The molecule has 2 nitrogen and oxygen atoms in total. The van der Waals surface area contributed by atoms with Gasteiger partial charge in [-0.25, -0.2) is 4.39 Å². The monoisotopic (exact) mass is 285 g/mol. The third-order valence-corrected chi connectivity index (χ3v) is 4.21. The van der Waals surface area contributed by atoms with Crippen molar-refractivity contribution in [2.24, 2.45) is 5.92 Å². The molecule has 2 rings (SSSR count). The van der Waals surface area contributed by atoms with Gasteiger partial charge >= 0.3 is 0 Å². The molecule has 1 aromatic rings. The molecule has 106 valence electrons. The minimum absolute atomic E-state index is 0.286. The fraction of sp³-hybridized carbons (Fsp3) is 0.600. The van der Waals surface area contributed by atoms with Crippen molar-refractivity contribution < 1.29 is 9.50 Å². The fourth-order valence-corrected chi connectivity index (χ4v) is 3.09. The zero-order valence-electron chi connectivity index (χ0n) is 11.3. The molecule has 2 unspecified atom stereocenters. The van der Waals surface area contributed by atoms with E-state index in [9.17, 15) is 9.50 Å². The van der Waals surface area contributed by atoms with Gasteiger partial charge in [0.25, 0.3) is 0 Å². The van der Waals surface area contributed by atoms with Gasteiger partial charge in [-0.15, -0.1) is 0 Å². The van der Waals surface area contributed by atoms with Crippen LogP contribution in [0, 0.1) is 11.7 Å². The van der Waals surface area contributed by atoms with E-state index < -0.39 is 5.60 Å². The van der Waals surface area contributed by atoms with Crippen molar-refractivity contribution in [2.45, 2.75) is 44.8 Å². The molecule has 0 spiro atoms. The standard InChI is InChI=1S/C15H21ClFNO/c1-11-3-2-6-15(19,8-11)10-18-9-12-7-13(17)4-5-14(12)16/h4-5,7,11,18-19H,2-3,6,8-10H2,1H3. The maximum Gasteiger partial charge on any atom is 0.123 e. The van der Waals surface area contributed by atoms with Gasteiger partial charge in [0.15, 0.2) is 0 Å². The normalized spacial score (nSPS) is 27.5. The molecule has 2 atom stereocenters. The predicted molar refractivity (Wildman–Crippen MR) is 75.7 cm³/mol. The molecule has 0 radical (unpaired) electrons. The first kappa shape index (κ1) is 14.8. The quantitative estimate of drug-likeness (QED) is 0.887. The van der Waals surface area contributed by atoms with E-state index in [1.807, 2.05) is 0 Å². The van der Waals surface area contributed by atoms with Crippen LogP contribution in [0.1, 0.15) is 38.2 Å². The number of aliphatic hydroxyl groups is 1. The van der Waals surface area contributed by atoms with Gasteiger partial charge < -0.3 is 10.4 Å². The molecule has 0 aliphatic heterocycles. The second kappa shape index (κ2) is 6.21. The first-order valence-corrected chi connectivity index (χ1v) is 7.23. The summed E-state index contributed by atoms with van der Waals surface area (Å²) in [6.07, 6.45) is 3.93. The summed E-state index contributed by atoms with van der Waals surface area (Å²) in [4.78, 5) is 0. The van der Waals surface area contributed by atoms with Crippen LogP contribution in [0.4, 0.5) is 4.39 Å². The van der Waals surface area contributed by atoms with Crippen molar-refractivity contribution in [1.82, 2.24) is 5.32 Å². The smallest absolute Gasteiger partial charge is 0.123 e. The van der Waals surface area contributed by atoms with E-state index in [2.05, 4.69) is 12.2 Å². The second-order valence-electron chi connectivity index (χ2n) is 5.77. The van der Waals surface area contributed by atoms with Gasteiger partial charge in [-0.1, -0.05) is 31.4 Å². The molecule has 1 saturated carbocycles. The molecule has 1 aromatic carbocycles. The second-order valence-corrected chi connectivity index (χ2v) is 6.17. The van der Waals surface area contributed by atoms with E-state index >= 15 is 0 Å². The molecule has 1 aliphatic rings. The maximum atomic E-state index is 13.1. The van der Waals surface area contributed by atoms with Gasteiger partial charge in [0, 0.05) is 18.1 Å². The number of rotatable bonds is 4. The zero-order valence-corrected chi connectivity index (χ0v) is 12.0. The highest BCUT2D eigenvalue weighted by Crippen LogP contribution is 2.31. The van der Waals surface area contributed by atoms with Crippen LogP contribution in [-0.2, 0) is 6.54 Å². The Morgan fingerprint density at radius 3 is 3.05 bits per heavy atom. The van der Waals surface area contributed by atoms with Crippen LogP contribution in [0.25, 0.3) is 0 Å². The van der Waals surface area contributed by atoms with Gasteiger partial charge in [-0.05, 0) is 42.5 Å². The Labute approximate surface area is 119 Å². The maximum absolute atomic E-state index is 13.1. The van der Waals surface area contributed by atoms with Crippen LogP contribution in [0.2, 0.25) is 5.02 Å². The molecule has 0 aromatic heterocycles. The summed E-state index contributed by atoms with van der Waals surface area (Å²) in [5.74, 6) is 0.282. The SMILES string of the molecule is CC1CCCC(O)(CNCc2cc(F)ccc2Cl)C1. The number of nitrogens with one attached hydrogen (secondary N) is 1. The molecule has 2 N–H and O–H groups in total. The van der Waals surface area contributed by atoms with Crippen LogP contribution < -0.4 is 5.32 Å². The molecule has 0 saturated heterocycles. The van der Waals surface area contributed by atoms with E-state index in [1.54, 1.807) is 6.07 Å². The summed E-state index contributed by atoms with van der Waals surface area (Å²) < 4.78 is 13.1. The molecule has 4 heteroatoms. The lowest BCUT2D eigenvalue weighted by molar-refractivity contribution is -0.0119. The highest BCUT2D eigenvalue weighted by Gasteiger charge is 2.31. The minimum Gasteiger partial charge on any atom is -0.389 e. The topological polar surface area (TPSA) is 32.3 Å². The van der Waals surface area contributed by atoms with E-state index in [-0.39, 0.29) is 5.82 Å². The Balaban J connectivity index is 1.87. The van der Waals surface area contributed by atoms with Crippen molar-refractivity contribution >= 4 is 11.6 Å². The number of halogens is 2. The summed E-state index contributed by atoms with van der Waals surface area (Å²) in [6, 6.07) is 4.34. The van der Waals surface area contributed by atoms with Crippen molar-refractivity contribution in [1.29, 1.82) is 0 Å². The largest absolute Gasteiger partial charge is 0.389 e. The average Bonchev–Trinajstić information content (AvgIpc) is 2.33. The van der Waals surface area contributed by atoms with E-state index in [1.165, 1.54) is 18.6 Å². The Morgan fingerprint density at radius 1 is 1.53 bits per heavy atom. The van der Waals surface area contributed by atoms with Crippen LogP contribution in [0.5, 0.6) is 0 Å². The molecule has 1 aliphatic carbocycles. The van der Waals surface area contributed by atoms with E-state index in [0.29, 0.717) is 24.0 Å². The van der Waals surface area contributed by atoms with E-state index in [0.717, 1.165) is 24.8 Å². The first-order valence-electron chi connectivity index (χ1n) is 6.85. The van der Waals surface area contributed by atoms with Gasteiger partial charge in [0.05, 0.1) is 5.60 Å². The summed E-state index contributed by atoms with van der Waals surface area (Å²) in [7, 11) is 0. The van der Waals surface area contributed by atoms with Gasteiger partial charge in [-0.3, -0.25) is 0 Å². The molecule has 0 amide bonds. The third kappa shape index (κ3) is 4.16. The van der Waals surface area contributed by atoms with E-state index in [4.69, 9.17) is 11.6 Å². The molecule has 0 heterocycles. The van der Waals surface area contributed by atoms with Crippen LogP contribution in [-0.4, -0.2) is 17.3 Å². The van der Waals surface area contributed by atoms with Crippen LogP contribution in [0.3, 0.4) is 0 Å². The lowest BCUT2D eigenvalue weighted by Crippen LogP contribution is -2.43. The van der Waals surface area contributed by atoms with Crippen LogP contribution in [0.15, 0.2) is 18.2 Å². The first-order chi connectivity index (χ1) is 8.98. The van der Waals surface area contributed by atoms with Gasteiger partial charge in [-0.2, -0.15) is 0 Å². The third-order valence-electron chi connectivity index (χ3n) is 3.84. The van der Waals surface area contributed by atoms with Crippen molar-refractivity contribution in [3.63, 3.8) is 0 Å². The predicted octanol–water partition coefficient (Wildman–Crippen LogP) is 3.51. The summed E-state index contributed by atoms with van der Waals surface area (Å²) >= 11 is 6.01. The van der Waals surface area contributed by atoms with Gasteiger partial charge in [0.2, 0.25) is 0 Å². The highest BCUT2D eigenvalue weighted by molar-refractivity contribution is 6.31. The fourth-order valence-electron chi connectivity index (χ4n) is 2.90. The van der Waals surface area contributed by atoms with Crippen molar-refractivity contribution in [2.75, 3.05) is 6.54 Å². The number of hydrogen-bond acceptors (Lipinski definition) is 2. The molecular formula is C15H21ClFNO. The Bertz CT molecular complexity index is 440. The summed E-state index contributed by atoms with van der Waals surface area (Å²) in [5.41, 5.74) is 0.103. The highest BCUT2D eigenvalue weighted by atomic mass is 35.5. The average molecular weight is 286 g/mol. The summed E-state index contributed by atoms with van der Waals surface area (Å²) in [6.45, 7) is 3.19. The van der Waals surface area contributed by atoms with Crippen molar-refractivity contribution in [3.05, 3.63) is 34.6 Å². The summed E-state index contributed by atoms with van der Waals surface area (Å²) in [5, 5.41) is 14.2.